The fourth-order valence-corrected chi connectivity index (χ4v) is 1.28. The Morgan fingerprint density at radius 2 is 2.12 bits per heavy atom. The van der Waals surface area contributed by atoms with Gasteiger partial charge in [-0.2, -0.15) is 0 Å². The number of rotatable bonds is 5. The summed E-state index contributed by atoms with van der Waals surface area (Å²) >= 11 is 0. The Morgan fingerprint density at radius 3 is 2.59 bits per heavy atom. The van der Waals surface area contributed by atoms with Crippen molar-refractivity contribution < 1.29 is 9.90 Å². The van der Waals surface area contributed by atoms with Crippen molar-refractivity contribution in [1.29, 1.82) is 0 Å². The molecule has 1 rings (SSSR count). The normalized spacial score (nSPS) is 12.8. The van der Waals surface area contributed by atoms with Crippen LogP contribution in [-0.4, -0.2) is 50.8 Å². The second-order valence-electron chi connectivity index (χ2n) is 4.56. The van der Waals surface area contributed by atoms with Crippen molar-refractivity contribution in [1.82, 2.24) is 20.1 Å². The Kier molecular flexibility index (Phi) is 4.62. The Labute approximate surface area is 101 Å². The van der Waals surface area contributed by atoms with Crippen molar-refractivity contribution in [2.45, 2.75) is 39.2 Å². The predicted octanol–water partition coefficient (Wildman–Crippen LogP) is 0.771. The summed E-state index contributed by atoms with van der Waals surface area (Å²) in [6, 6.07) is 0. The van der Waals surface area contributed by atoms with Crippen LogP contribution in [0.2, 0.25) is 0 Å². The number of aliphatic hydroxyl groups is 1. The number of aromatic amines is 1. The van der Waals surface area contributed by atoms with Crippen molar-refractivity contribution in [3.8, 4) is 0 Å². The van der Waals surface area contributed by atoms with Gasteiger partial charge in [-0.1, -0.05) is 13.8 Å². The number of aliphatic hydroxyl groups excluding tert-OH is 1. The fraction of sp³-hybridized carbons (Fsp3) is 0.727. The molecule has 0 aliphatic rings. The topological polar surface area (TPSA) is 82.1 Å². The third kappa shape index (κ3) is 3.81. The van der Waals surface area contributed by atoms with E-state index in [-0.39, 0.29) is 17.6 Å². The molecule has 0 spiro atoms. The first-order valence-corrected chi connectivity index (χ1v) is 5.77. The maximum absolute atomic E-state index is 11.9. The van der Waals surface area contributed by atoms with E-state index in [4.69, 9.17) is 5.11 Å². The number of nitrogens with zero attached hydrogens (tertiary/aromatic N) is 3. The second-order valence-corrected chi connectivity index (χ2v) is 4.56. The molecule has 1 amide bonds. The van der Waals surface area contributed by atoms with E-state index in [1.54, 1.807) is 14.0 Å². The number of aromatic nitrogens is 3. The summed E-state index contributed by atoms with van der Waals surface area (Å²) in [5.74, 6) is 0.875. The van der Waals surface area contributed by atoms with Gasteiger partial charge < -0.3 is 10.0 Å². The summed E-state index contributed by atoms with van der Waals surface area (Å²) in [4.78, 5) is 17.5. The van der Waals surface area contributed by atoms with Crippen LogP contribution in [0.25, 0.3) is 0 Å². The van der Waals surface area contributed by atoms with E-state index < -0.39 is 6.10 Å². The van der Waals surface area contributed by atoms with Gasteiger partial charge in [0.1, 0.15) is 5.82 Å². The number of carbonyl (C=O) groups excluding carboxylic acids is 1. The van der Waals surface area contributed by atoms with Crippen LogP contribution in [-0.2, 0) is 0 Å². The summed E-state index contributed by atoms with van der Waals surface area (Å²) in [6.07, 6.45) is 0.132. The monoisotopic (exact) mass is 240 g/mol. The molecule has 0 bridgehead atoms. The molecule has 2 N–H and O–H groups in total. The van der Waals surface area contributed by atoms with Gasteiger partial charge in [-0.25, -0.2) is 4.98 Å². The Hall–Kier alpha value is -1.43. The highest BCUT2D eigenvalue weighted by molar-refractivity contribution is 5.90. The van der Waals surface area contributed by atoms with Gasteiger partial charge >= 0.3 is 0 Å². The highest BCUT2D eigenvalue weighted by atomic mass is 16.3. The molecule has 17 heavy (non-hydrogen) atoms. The molecule has 1 aromatic heterocycles. The summed E-state index contributed by atoms with van der Waals surface area (Å²) < 4.78 is 0. The molecule has 6 nitrogen and oxygen atoms in total. The molecule has 0 fully saturated rings. The highest BCUT2D eigenvalue weighted by Crippen LogP contribution is 2.08. The van der Waals surface area contributed by atoms with Crippen LogP contribution in [0, 0.1) is 0 Å². The van der Waals surface area contributed by atoms with E-state index in [9.17, 15) is 4.79 Å². The van der Waals surface area contributed by atoms with E-state index in [1.165, 1.54) is 4.90 Å². The van der Waals surface area contributed by atoms with Gasteiger partial charge in [0.15, 0.2) is 0 Å². The lowest BCUT2D eigenvalue weighted by atomic mass is 10.2. The summed E-state index contributed by atoms with van der Waals surface area (Å²) in [5.41, 5.74) is 0. The predicted molar refractivity (Wildman–Crippen MR) is 63.7 cm³/mol. The molecule has 1 heterocycles. The van der Waals surface area contributed by atoms with Crippen molar-refractivity contribution in [3.05, 3.63) is 11.6 Å². The number of nitrogens with one attached hydrogen (secondary N) is 1. The third-order valence-electron chi connectivity index (χ3n) is 2.47. The largest absolute Gasteiger partial charge is 0.393 e. The van der Waals surface area contributed by atoms with Crippen LogP contribution in [0.3, 0.4) is 0 Å². The number of carbonyl (C=O) groups is 1. The third-order valence-corrected chi connectivity index (χ3v) is 2.47. The number of hydrogen-bond acceptors (Lipinski definition) is 4. The first-order valence-electron chi connectivity index (χ1n) is 5.77. The van der Waals surface area contributed by atoms with Crippen LogP contribution in [0.5, 0.6) is 0 Å². The molecule has 0 saturated heterocycles. The van der Waals surface area contributed by atoms with Crippen molar-refractivity contribution in [2.75, 3.05) is 13.6 Å². The lowest BCUT2D eigenvalue weighted by molar-refractivity contribution is 0.0757. The van der Waals surface area contributed by atoms with Crippen LogP contribution in [0.15, 0.2) is 0 Å². The Bertz CT molecular complexity index is 373. The molecule has 0 aliphatic carbocycles. The summed E-state index contributed by atoms with van der Waals surface area (Å²) in [7, 11) is 1.68. The van der Waals surface area contributed by atoms with Gasteiger partial charge in [0.25, 0.3) is 5.91 Å². The van der Waals surface area contributed by atoms with Crippen molar-refractivity contribution in [3.63, 3.8) is 0 Å². The van der Waals surface area contributed by atoms with Gasteiger partial charge in [0.2, 0.25) is 5.82 Å². The molecule has 0 saturated carbocycles. The first-order chi connectivity index (χ1) is 7.91. The van der Waals surface area contributed by atoms with Gasteiger partial charge in [0.05, 0.1) is 6.10 Å². The van der Waals surface area contributed by atoms with Crippen LogP contribution in [0.4, 0.5) is 0 Å². The smallest absolute Gasteiger partial charge is 0.293 e. The van der Waals surface area contributed by atoms with Gasteiger partial charge in [-0.3, -0.25) is 9.89 Å². The Balaban J connectivity index is 2.61. The second kappa shape index (κ2) is 5.77. The first kappa shape index (κ1) is 13.6. The Morgan fingerprint density at radius 1 is 1.47 bits per heavy atom. The van der Waals surface area contributed by atoms with E-state index in [0.717, 1.165) is 0 Å². The molecular weight excluding hydrogens is 220 g/mol. The average Bonchev–Trinajstić information content (AvgIpc) is 2.73. The average molecular weight is 240 g/mol. The molecule has 1 unspecified atom stereocenters. The van der Waals surface area contributed by atoms with Crippen molar-refractivity contribution in [2.24, 2.45) is 0 Å². The molecule has 96 valence electrons. The lowest BCUT2D eigenvalue weighted by Crippen LogP contribution is -2.30. The van der Waals surface area contributed by atoms with E-state index in [2.05, 4.69) is 15.2 Å². The molecule has 0 aliphatic heterocycles. The molecule has 6 heteroatoms. The maximum Gasteiger partial charge on any atom is 0.293 e. The fourth-order valence-electron chi connectivity index (χ4n) is 1.28. The molecular formula is C11H20N4O2. The number of H-pyrrole nitrogens is 1. The SMILES string of the molecule is CC(O)CCN(C)C(=O)c1n[nH]c(C(C)C)n1. The van der Waals surface area contributed by atoms with Crippen LogP contribution < -0.4 is 0 Å². The number of amides is 1. The zero-order valence-electron chi connectivity index (χ0n) is 10.8. The zero-order chi connectivity index (χ0) is 13.0. The zero-order valence-corrected chi connectivity index (χ0v) is 10.8. The molecule has 0 radical (unpaired) electrons. The molecule has 0 aromatic carbocycles. The molecule has 1 atom stereocenters. The summed E-state index contributed by atoms with van der Waals surface area (Å²) in [6.45, 7) is 6.14. The minimum Gasteiger partial charge on any atom is -0.393 e. The number of hydrogen-bond donors (Lipinski definition) is 2. The quantitative estimate of drug-likeness (QED) is 0.796. The van der Waals surface area contributed by atoms with Crippen molar-refractivity contribution >= 4 is 5.91 Å². The molecule has 1 aromatic rings. The van der Waals surface area contributed by atoms with E-state index in [0.29, 0.717) is 18.8 Å². The highest BCUT2D eigenvalue weighted by Gasteiger charge is 2.18. The van der Waals surface area contributed by atoms with E-state index in [1.807, 2.05) is 13.8 Å². The summed E-state index contributed by atoms with van der Waals surface area (Å²) in [5, 5.41) is 15.8. The standard InChI is InChI=1S/C11H20N4O2/c1-7(2)9-12-10(14-13-9)11(17)15(4)6-5-8(3)16/h7-8,16H,5-6H2,1-4H3,(H,12,13,14). The maximum atomic E-state index is 11.9. The lowest BCUT2D eigenvalue weighted by Gasteiger charge is -2.15. The van der Waals surface area contributed by atoms with Gasteiger partial charge in [-0.05, 0) is 13.3 Å². The minimum atomic E-state index is -0.413. The van der Waals surface area contributed by atoms with Crippen LogP contribution >= 0.6 is 0 Å². The minimum absolute atomic E-state index is 0.182. The van der Waals surface area contributed by atoms with E-state index >= 15 is 0 Å². The van der Waals surface area contributed by atoms with Crippen LogP contribution in [0.1, 0.15) is 49.6 Å². The van der Waals surface area contributed by atoms with Gasteiger partial charge in [-0.15, -0.1) is 5.10 Å². The van der Waals surface area contributed by atoms with Gasteiger partial charge in [0, 0.05) is 19.5 Å².